The number of hydrogen-bond donors (Lipinski definition) is 1. The molecular formula is C14H16N2O3S. The quantitative estimate of drug-likeness (QED) is 0.879. The van der Waals surface area contributed by atoms with E-state index in [2.05, 4.69) is 9.71 Å². The summed E-state index contributed by atoms with van der Waals surface area (Å²) in [5.41, 5.74) is -0.145. The van der Waals surface area contributed by atoms with Crippen molar-refractivity contribution >= 4 is 27.1 Å². The van der Waals surface area contributed by atoms with Crippen LogP contribution in [0.2, 0.25) is 0 Å². The summed E-state index contributed by atoms with van der Waals surface area (Å²) in [5.74, 6) is 0. The summed E-state index contributed by atoms with van der Waals surface area (Å²) in [6.07, 6.45) is 3.69. The second kappa shape index (κ2) is 4.96. The Labute approximate surface area is 118 Å². The molecule has 0 aliphatic carbocycles. The normalized spacial score (nSPS) is 12.6. The maximum atomic E-state index is 12.4. The van der Waals surface area contributed by atoms with Gasteiger partial charge in [0.15, 0.2) is 6.29 Å². The van der Waals surface area contributed by atoms with Gasteiger partial charge in [-0.25, -0.2) is 13.1 Å². The maximum absolute atomic E-state index is 12.4. The first-order valence-electron chi connectivity index (χ1n) is 6.10. The predicted molar refractivity (Wildman–Crippen MR) is 77.2 cm³/mol. The van der Waals surface area contributed by atoms with Crippen LogP contribution in [0.5, 0.6) is 0 Å². The zero-order valence-corrected chi connectivity index (χ0v) is 12.4. The Balaban J connectivity index is 2.71. The summed E-state index contributed by atoms with van der Waals surface area (Å²) in [6, 6.07) is 4.57. The lowest BCUT2D eigenvalue weighted by Crippen LogP contribution is -2.40. The van der Waals surface area contributed by atoms with Crippen molar-refractivity contribution in [3.05, 3.63) is 36.2 Å². The number of carbonyl (C=O) groups excluding carboxylic acids is 1. The molecule has 0 aliphatic rings. The lowest BCUT2D eigenvalue weighted by atomic mass is 10.1. The number of carbonyl (C=O) groups is 1. The molecule has 6 heteroatoms. The lowest BCUT2D eigenvalue weighted by molar-refractivity contribution is 0.112. The van der Waals surface area contributed by atoms with E-state index in [1.165, 1.54) is 24.5 Å². The average Bonchev–Trinajstić information content (AvgIpc) is 2.34. The van der Waals surface area contributed by atoms with Gasteiger partial charge in [0, 0.05) is 28.9 Å². The number of aromatic nitrogens is 1. The van der Waals surface area contributed by atoms with Crippen molar-refractivity contribution in [3.8, 4) is 0 Å². The van der Waals surface area contributed by atoms with Crippen LogP contribution in [0, 0.1) is 0 Å². The highest BCUT2D eigenvalue weighted by Crippen LogP contribution is 2.25. The van der Waals surface area contributed by atoms with Crippen molar-refractivity contribution in [2.24, 2.45) is 0 Å². The second-order valence-corrected chi connectivity index (χ2v) is 7.20. The molecule has 5 nitrogen and oxygen atoms in total. The molecule has 0 bridgehead atoms. The third-order valence-corrected chi connectivity index (χ3v) is 4.48. The van der Waals surface area contributed by atoms with Gasteiger partial charge in [-0.2, -0.15) is 0 Å². The first-order chi connectivity index (χ1) is 9.24. The average molecular weight is 292 g/mol. The molecule has 1 N–H and O–H groups in total. The Kier molecular flexibility index (Phi) is 3.62. The highest BCUT2D eigenvalue weighted by molar-refractivity contribution is 7.89. The number of sulfonamides is 1. The lowest BCUT2D eigenvalue weighted by Gasteiger charge is -2.21. The molecule has 2 rings (SSSR count). The maximum Gasteiger partial charge on any atom is 0.241 e. The van der Waals surface area contributed by atoms with Gasteiger partial charge in [-0.3, -0.25) is 9.78 Å². The minimum Gasteiger partial charge on any atom is -0.298 e. The SMILES string of the molecule is CC(C)(C)NS(=O)(=O)c1ccc(C=O)c2ccncc12. The van der Waals surface area contributed by atoms with Crippen molar-refractivity contribution in [2.75, 3.05) is 0 Å². The van der Waals surface area contributed by atoms with Crippen molar-refractivity contribution < 1.29 is 13.2 Å². The largest absolute Gasteiger partial charge is 0.298 e. The molecular weight excluding hydrogens is 276 g/mol. The molecule has 2 aromatic rings. The fourth-order valence-corrected chi connectivity index (χ4v) is 3.60. The third-order valence-electron chi connectivity index (χ3n) is 2.67. The van der Waals surface area contributed by atoms with Gasteiger partial charge in [-0.15, -0.1) is 0 Å². The molecule has 106 valence electrons. The zero-order valence-electron chi connectivity index (χ0n) is 11.5. The van der Waals surface area contributed by atoms with E-state index >= 15 is 0 Å². The van der Waals surface area contributed by atoms with E-state index < -0.39 is 15.6 Å². The molecule has 0 radical (unpaired) electrons. The summed E-state index contributed by atoms with van der Waals surface area (Å²) in [4.78, 5) is 15.1. The molecule has 0 unspecified atom stereocenters. The van der Waals surface area contributed by atoms with E-state index in [4.69, 9.17) is 0 Å². The van der Waals surface area contributed by atoms with Gasteiger partial charge in [-0.1, -0.05) is 0 Å². The van der Waals surface area contributed by atoms with E-state index in [1.54, 1.807) is 26.8 Å². The molecule has 1 aromatic carbocycles. The Morgan fingerprint density at radius 3 is 2.45 bits per heavy atom. The van der Waals surface area contributed by atoms with Gasteiger partial charge in [0.2, 0.25) is 10.0 Å². The van der Waals surface area contributed by atoms with Crippen molar-refractivity contribution in [2.45, 2.75) is 31.2 Å². The van der Waals surface area contributed by atoms with Crippen molar-refractivity contribution in [1.29, 1.82) is 0 Å². The van der Waals surface area contributed by atoms with Gasteiger partial charge < -0.3 is 0 Å². The molecule has 0 amide bonds. The summed E-state index contributed by atoms with van der Waals surface area (Å²) < 4.78 is 27.5. The third kappa shape index (κ3) is 2.86. The molecule has 1 heterocycles. The number of benzene rings is 1. The first kappa shape index (κ1) is 14.6. The molecule has 0 atom stereocenters. The fourth-order valence-electron chi connectivity index (χ4n) is 1.98. The standard InChI is InChI=1S/C14H16N2O3S/c1-14(2,3)16-20(18,19)13-5-4-10(9-17)11-6-7-15-8-12(11)13/h4-9,16H,1-3H3. The molecule has 0 aliphatic heterocycles. The number of nitrogens with one attached hydrogen (secondary N) is 1. The molecule has 20 heavy (non-hydrogen) atoms. The Bertz CT molecular complexity index is 762. The first-order valence-corrected chi connectivity index (χ1v) is 7.59. The summed E-state index contributed by atoms with van der Waals surface area (Å²) >= 11 is 0. The van der Waals surface area contributed by atoms with Crippen LogP contribution in [0.3, 0.4) is 0 Å². The van der Waals surface area contributed by atoms with Crippen LogP contribution >= 0.6 is 0 Å². The number of rotatable bonds is 3. The Morgan fingerprint density at radius 1 is 1.15 bits per heavy atom. The predicted octanol–water partition coefficient (Wildman–Crippen LogP) is 2.12. The second-order valence-electron chi connectivity index (χ2n) is 5.55. The molecule has 0 saturated carbocycles. The Hall–Kier alpha value is -1.79. The van der Waals surface area contributed by atoms with Crippen molar-refractivity contribution in [3.63, 3.8) is 0 Å². The van der Waals surface area contributed by atoms with Crippen LogP contribution in [0.1, 0.15) is 31.1 Å². The highest BCUT2D eigenvalue weighted by Gasteiger charge is 2.24. The number of pyridine rings is 1. The minimum absolute atomic E-state index is 0.126. The van der Waals surface area contributed by atoms with Crippen LogP contribution in [-0.4, -0.2) is 25.2 Å². The van der Waals surface area contributed by atoms with Crippen LogP contribution < -0.4 is 4.72 Å². The van der Waals surface area contributed by atoms with Gasteiger partial charge in [0.05, 0.1) is 4.90 Å². The van der Waals surface area contributed by atoms with Crippen molar-refractivity contribution in [1.82, 2.24) is 9.71 Å². The van der Waals surface area contributed by atoms with Gasteiger partial charge in [0.1, 0.15) is 0 Å². The summed E-state index contributed by atoms with van der Waals surface area (Å²) in [7, 11) is -3.68. The minimum atomic E-state index is -3.68. The van der Waals surface area contributed by atoms with Crippen LogP contribution in [0.25, 0.3) is 10.8 Å². The molecule has 1 aromatic heterocycles. The Morgan fingerprint density at radius 2 is 1.85 bits per heavy atom. The number of aldehydes is 1. The van der Waals surface area contributed by atoms with E-state index in [9.17, 15) is 13.2 Å². The number of nitrogens with zero attached hydrogens (tertiary/aromatic N) is 1. The van der Waals surface area contributed by atoms with E-state index in [1.807, 2.05) is 0 Å². The van der Waals surface area contributed by atoms with E-state index in [0.717, 1.165) is 0 Å². The monoisotopic (exact) mass is 292 g/mol. The highest BCUT2D eigenvalue weighted by atomic mass is 32.2. The molecule has 0 saturated heterocycles. The van der Waals surface area contributed by atoms with Crippen LogP contribution in [-0.2, 0) is 10.0 Å². The smallest absolute Gasteiger partial charge is 0.241 e. The van der Waals surface area contributed by atoms with Gasteiger partial charge >= 0.3 is 0 Å². The van der Waals surface area contributed by atoms with E-state index in [-0.39, 0.29) is 4.90 Å². The van der Waals surface area contributed by atoms with Gasteiger partial charge in [0.25, 0.3) is 0 Å². The van der Waals surface area contributed by atoms with E-state index in [0.29, 0.717) is 22.6 Å². The summed E-state index contributed by atoms with van der Waals surface area (Å²) in [5, 5.41) is 1.01. The zero-order chi connectivity index (χ0) is 15.0. The molecule has 0 fully saturated rings. The number of hydrogen-bond acceptors (Lipinski definition) is 4. The molecule has 0 spiro atoms. The summed E-state index contributed by atoms with van der Waals surface area (Å²) in [6.45, 7) is 5.31. The van der Waals surface area contributed by atoms with Crippen LogP contribution in [0.15, 0.2) is 35.5 Å². The number of fused-ring (bicyclic) bond motifs is 1. The van der Waals surface area contributed by atoms with Gasteiger partial charge in [-0.05, 0) is 44.4 Å². The van der Waals surface area contributed by atoms with Crippen LogP contribution in [0.4, 0.5) is 0 Å². The topological polar surface area (TPSA) is 76.1 Å². The fraction of sp³-hybridized carbons (Fsp3) is 0.286.